The summed E-state index contributed by atoms with van der Waals surface area (Å²) in [5.74, 6) is 35.3. The quantitative estimate of drug-likeness (QED) is 0.0730. The predicted octanol–water partition coefficient (Wildman–Crippen LogP) is 24.6. The number of hydrogen-bond donors (Lipinski definition) is 0. The average Bonchev–Trinajstić information content (AvgIpc) is 3.35. The lowest BCUT2D eigenvalue weighted by atomic mass is 11.0. The van der Waals surface area contributed by atoms with Crippen molar-refractivity contribution in [3.8, 4) is 0 Å². The Hall–Kier alpha value is 4.90. The van der Waals surface area contributed by atoms with Gasteiger partial charge in [-0.1, -0.05) is 194 Å². The first-order valence-electron chi connectivity index (χ1n) is 27.9. The maximum Gasteiger partial charge on any atom is -0.00961 e. The van der Waals surface area contributed by atoms with Crippen LogP contribution in [-0.2, 0) is 0 Å². The second-order valence-corrected chi connectivity index (χ2v) is 32.8. The minimum Gasteiger partial charge on any atom is -0.163 e. The second kappa shape index (κ2) is 179. The van der Waals surface area contributed by atoms with E-state index in [1.807, 2.05) is 165 Å². The Bertz CT molecular complexity index is 316. The first kappa shape index (κ1) is 110. The zero-order chi connectivity index (χ0) is 57.7. The van der Waals surface area contributed by atoms with Crippen molar-refractivity contribution in [3.63, 3.8) is 0 Å². The Labute approximate surface area is 514 Å². The lowest BCUT2D eigenvalue weighted by Gasteiger charge is -1.80. The minimum absolute atomic E-state index is 1.26. The lowest BCUT2D eigenvalue weighted by Crippen LogP contribution is -1.64. The molecule has 0 aromatic heterocycles. The Balaban J connectivity index is -0.0000000402. The second-order valence-electron chi connectivity index (χ2n) is 10.9. The molecule has 0 saturated heterocycles. The number of hydrogen-bond acceptors (Lipinski definition) is 14. The van der Waals surface area contributed by atoms with Crippen LogP contribution in [0.15, 0.2) is 0 Å². The summed E-state index contributed by atoms with van der Waals surface area (Å²) in [6.45, 7) is 60.9. The van der Waals surface area contributed by atoms with Crippen molar-refractivity contribution < 1.29 is 0 Å². The van der Waals surface area contributed by atoms with Gasteiger partial charge >= 0.3 is 0 Å². The van der Waals surface area contributed by atoms with Gasteiger partial charge in [-0.3, -0.25) is 0 Å². The van der Waals surface area contributed by atoms with Crippen LogP contribution in [-0.4, -0.2) is 161 Å². The molecule has 0 aliphatic rings. The molecule has 0 fully saturated rings. The molecule has 0 atom stereocenters. The Morgan fingerprint density at radius 1 is 0.0857 bits per heavy atom. The van der Waals surface area contributed by atoms with E-state index in [0.717, 1.165) is 0 Å². The van der Waals surface area contributed by atoms with Crippen molar-refractivity contribution in [2.24, 2.45) is 0 Å². The van der Waals surface area contributed by atoms with Crippen LogP contribution in [0.3, 0.4) is 0 Å². The van der Waals surface area contributed by atoms with E-state index in [-0.39, 0.29) is 0 Å². The van der Waals surface area contributed by atoms with E-state index in [1.54, 1.807) is 0 Å². The molecular formula is C56H140S14. The highest BCUT2D eigenvalue weighted by Gasteiger charge is 1.73. The van der Waals surface area contributed by atoms with E-state index in [1.165, 1.54) is 161 Å². The molecule has 0 aliphatic heterocycles. The molecule has 0 unspecified atom stereocenters. The van der Waals surface area contributed by atoms with Crippen molar-refractivity contribution in [2.75, 3.05) is 161 Å². The van der Waals surface area contributed by atoms with Gasteiger partial charge in [-0.05, 0) is 161 Å². The van der Waals surface area contributed by atoms with Crippen LogP contribution in [0.1, 0.15) is 194 Å². The standard InChI is InChI=1S/14C4H10S/c14*1-3-5-4-2/h14*3-4H2,1-2H3. The van der Waals surface area contributed by atoms with Crippen molar-refractivity contribution >= 4 is 165 Å². The molecule has 0 heterocycles. The van der Waals surface area contributed by atoms with Crippen LogP contribution >= 0.6 is 165 Å². The largest absolute Gasteiger partial charge is 0.163 e. The zero-order valence-electron chi connectivity index (χ0n) is 53.5. The van der Waals surface area contributed by atoms with Crippen LogP contribution in [0.2, 0.25) is 0 Å². The molecule has 0 aliphatic carbocycles. The molecule has 0 aromatic carbocycles. The third-order valence-corrected chi connectivity index (χ3v) is 17.1. The Kier molecular flexibility index (Phi) is 281. The van der Waals surface area contributed by atoms with E-state index in [0.29, 0.717) is 0 Å². The molecule has 0 bridgehead atoms. The fourth-order valence-electron chi connectivity index (χ4n) is 2.86. The third-order valence-electron chi connectivity index (χ3n) is 5.72. The summed E-state index contributed by atoms with van der Waals surface area (Å²) in [5.41, 5.74) is 0. The normalized spacial score (nSPS) is 8.40. The van der Waals surface area contributed by atoms with Gasteiger partial charge in [0.1, 0.15) is 0 Å². The Morgan fingerprint density at radius 2 is 0.114 bits per heavy atom. The summed E-state index contributed by atoms with van der Waals surface area (Å²) < 4.78 is 0. The van der Waals surface area contributed by atoms with Gasteiger partial charge in [-0.15, -0.1) is 0 Å². The van der Waals surface area contributed by atoms with Gasteiger partial charge in [0.25, 0.3) is 0 Å². The summed E-state index contributed by atoms with van der Waals surface area (Å²) in [6.07, 6.45) is 0. The van der Waals surface area contributed by atoms with Crippen LogP contribution in [0, 0.1) is 0 Å². The monoisotopic (exact) mass is 1260 g/mol. The molecule has 0 radical (unpaired) electrons. The van der Waals surface area contributed by atoms with E-state index in [2.05, 4.69) is 194 Å². The summed E-state index contributed by atoms with van der Waals surface area (Å²) in [6, 6.07) is 0. The SMILES string of the molecule is CCSCC.CCSCC.CCSCC.CCSCC.CCSCC.CCSCC.CCSCC.CCSCC.CCSCC.CCSCC.CCSCC.CCSCC.CCSCC.CCSCC. The highest BCUT2D eigenvalue weighted by molar-refractivity contribution is 8.01. The maximum absolute atomic E-state index is 2.17. The first-order chi connectivity index (χ1) is 33.8. The minimum atomic E-state index is 1.26. The zero-order valence-corrected chi connectivity index (χ0v) is 64.9. The van der Waals surface area contributed by atoms with Crippen molar-refractivity contribution in [1.29, 1.82) is 0 Å². The van der Waals surface area contributed by atoms with Crippen LogP contribution in [0.4, 0.5) is 0 Å². The lowest BCUT2D eigenvalue weighted by molar-refractivity contribution is 1.46. The summed E-state index contributed by atoms with van der Waals surface area (Å²) in [5, 5.41) is 0. The molecule has 0 rings (SSSR count). The molecule has 0 amide bonds. The first-order valence-corrected chi connectivity index (χ1v) is 44.0. The molecule has 0 nitrogen and oxygen atoms in total. The summed E-state index contributed by atoms with van der Waals surface area (Å²) >= 11 is 27.5. The fourth-order valence-corrected chi connectivity index (χ4v) is 8.57. The van der Waals surface area contributed by atoms with Gasteiger partial charge in [0.2, 0.25) is 0 Å². The molecule has 0 saturated carbocycles. The van der Waals surface area contributed by atoms with Gasteiger partial charge in [-0.25, -0.2) is 0 Å². The highest BCUT2D eigenvalue weighted by Crippen LogP contribution is 1.98. The highest BCUT2D eigenvalue weighted by atomic mass is 32.2. The van der Waals surface area contributed by atoms with Gasteiger partial charge < -0.3 is 0 Å². The van der Waals surface area contributed by atoms with E-state index >= 15 is 0 Å². The molecule has 0 spiro atoms. The van der Waals surface area contributed by atoms with Gasteiger partial charge in [0.05, 0.1) is 0 Å². The van der Waals surface area contributed by atoms with E-state index < -0.39 is 0 Å². The van der Waals surface area contributed by atoms with Crippen molar-refractivity contribution in [1.82, 2.24) is 0 Å². The molecular weight excluding hydrogens is 1120 g/mol. The summed E-state index contributed by atoms with van der Waals surface area (Å²) in [4.78, 5) is 0. The third kappa shape index (κ3) is 348. The van der Waals surface area contributed by atoms with Crippen LogP contribution in [0.25, 0.3) is 0 Å². The fraction of sp³-hybridized carbons (Fsp3) is 1.00. The van der Waals surface area contributed by atoms with Crippen LogP contribution < -0.4 is 0 Å². The molecule has 0 aromatic rings. The molecule has 14 heteroatoms. The van der Waals surface area contributed by atoms with E-state index in [9.17, 15) is 0 Å². The smallest absolute Gasteiger partial charge is 0.00961 e. The average molecular weight is 1260 g/mol. The van der Waals surface area contributed by atoms with Crippen molar-refractivity contribution in [3.05, 3.63) is 0 Å². The number of thioether (sulfide) groups is 14. The molecule has 448 valence electrons. The Morgan fingerprint density at radius 3 is 0.114 bits per heavy atom. The van der Waals surface area contributed by atoms with E-state index in [4.69, 9.17) is 0 Å². The van der Waals surface area contributed by atoms with Crippen LogP contribution in [0.5, 0.6) is 0 Å². The van der Waals surface area contributed by atoms with Crippen molar-refractivity contribution in [2.45, 2.75) is 194 Å². The molecule has 0 N–H and O–H groups in total. The number of rotatable bonds is 28. The maximum atomic E-state index is 2.17. The summed E-state index contributed by atoms with van der Waals surface area (Å²) in [7, 11) is 0. The van der Waals surface area contributed by atoms with Gasteiger partial charge in [0.15, 0.2) is 0 Å². The predicted molar refractivity (Wildman–Crippen MR) is 401 cm³/mol. The molecule has 70 heavy (non-hydrogen) atoms. The topological polar surface area (TPSA) is 0 Å². The van der Waals surface area contributed by atoms with Gasteiger partial charge in [-0.2, -0.15) is 165 Å². The van der Waals surface area contributed by atoms with Gasteiger partial charge in [0, 0.05) is 0 Å².